The van der Waals surface area contributed by atoms with E-state index in [1.165, 1.54) is 11.6 Å². The fraction of sp³-hybridized carbons (Fsp3) is 0.294. The topological polar surface area (TPSA) is 40.5 Å². The Morgan fingerprint density at radius 2 is 1.52 bits per heavy atom. The summed E-state index contributed by atoms with van der Waals surface area (Å²) in [4.78, 5) is 0. The summed E-state index contributed by atoms with van der Waals surface area (Å²) in [5, 5.41) is 19.6. The van der Waals surface area contributed by atoms with Gasteiger partial charge in [0, 0.05) is 17.6 Å². The van der Waals surface area contributed by atoms with Crippen molar-refractivity contribution in [2.45, 2.75) is 16.9 Å². The van der Waals surface area contributed by atoms with Gasteiger partial charge in [-0.2, -0.15) is 0 Å². The Morgan fingerprint density at radius 1 is 0.905 bits per heavy atom. The summed E-state index contributed by atoms with van der Waals surface area (Å²) in [6.07, 6.45) is 1.99. The third-order valence-corrected chi connectivity index (χ3v) is 7.28. The quantitative estimate of drug-likeness (QED) is 0.878. The fourth-order valence-electron chi connectivity index (χ4n) is 2.68. The molecule has 1 aliphatic heterocycles. The zero-order valence-electron chi connectivity index (χ0n) is 11.7. The summed E-state index contributed by atoms with van der Waals surface area (Å²) < 4.78 is -0.0634. The van der Waals surface area contributed by atoms with E-state index in [2.05, 4.69) is 24.3 Å². The number of benzene rings is 2. The second kappa shape index (κ2) is 6.24. The van der Waals surface area contributed by atoms with Gasteiger partial charge in [0.05, 0.1) is 4.08 Å². The lowest BCUT2D eigenvalue weighted by Crippen LogP contribution is -2.15. The molecule has 1 fully saturated rings. The molecule has 0 aliphatic carbocycles. The van der Waals surface area contributed by atoms with Crippen molar-refractivity contribution in [3.63, 3.8) is 0 Å². The molecule has 1 heterocycles. The Kier molecular flexibility index (Phi) is 4.36. The molecule has 3 rings (SSSR count). The number of thioether (sulfide) groups is 2. The smallest absolute Gasteiger partial charge is 0.119 e. The van der Waals surface area contributed by atoms with E-state index >= 15 is 0 Å². The highest BCUT2D eigenvalue weighted by molar-refractivity contribution is 8.20. The van der Waals surface area contributed by atoms with Crippen LogP contribution in [0.1, 0.15) is 17.5 Å². The Hall–Kier alpha value is -1.26. The van der Waals surface area contributed by atoms with Gasteiger partial charge < -0.3 is 10.2 Å². The molecule has 2 N–H and O–H groups in total. The molecule has 1 saturated heterocycles. The van der Waals surface area contributed by atoms with Crippen molar-refractivity contribution in [1.82, 2.24) is 0 Å². The van der Waals surface area contributed by atoms with E-state index in [1.807, 2.05) is 29.6 Å². The van der Waals surface area contributed by atoms with E-state index in [9.17, 15) is 10.2 Å². The van der Waals surface area contributed by atoms with Gasteiger partial charge in [0.2, 0.25) is 0 Å². The highest BCUT2D eigenvalue weighted by atomic mass is 32.2. The molecule has 0 amide bonds. The number of aryl methyl sites for hydroxylation is 1. The van der Waals surface area contributed by atoms with Gasteiger partial charge in [-0.15, -0.1) is 23.5 Å². The van der Waals surface area contributed by atoms with Crippen molar-refractivity contribution in [3.05, 3.63) is 59.7 Å². The normalized spacial score (nSPS) is 17.0. The average molecular weight is 318 g/mol. The van der Waals surface area contributed by atoms with Gasteiger partial charge >= 0.3 is 0 Å². The number of phenolic OH excluding ortho intramolecular Hbond substituents is 2. The van der Waals surface area contributed by atoms with Crippen molar-refractivity contribution in [2.75, 3.05) is 11.5 Å². The molecule has 2 nitrogen and oxygen atoms in total. The number of rotatable bonds is 4. The molecular weight excluding hydrogens is 300 g/mol. The maximum Gasteiger partial charge on any atom is 0.119 e. The molecule has 0 aromatic heterocycles. The van der Waals surface area contributed by atoms with Gasteiger partial charge in [0.1, 0.15) is 11.5 Å². The zero-order valence-corrected chi connectivity index (χ0v) is 13.3. The first-order valence-electron chi connectivity index (χ1n) is 7.03. The molecule has 0 saturated carbocycles. The molecule has 21 heavy (non-hydrogen) atoms. The monoisotopic (exact) mass is 318 g/mol. The predicted molar refractivity (Wildman–Crippen MR) is 91.1 cm³/mol. The second-order valence-corrected chi connectivity index (χ2v) is 8.22. The summed E-state index contributed by atoms with van der Waals surface area (Å²) >= 11 is 3.84. The van der Waals surface area contributed by atoms with Gasteiger partial charge in [-0.1, -0.05) is 30.3 Å². The minimum Gasteiger partial charge on any atom is -0.508 e. The Morgan fingerprint density at radius 3 is 2.14 bits per heavy atom. The average Bonchev–Trinajstić information content (AvgIpc) is 2.95. The fourth-order valence-corrected chi connectivity index (χ4v) is 5.90. The zero-order chi connectivity index (χ0) is 14.7. The van der Waals surface area contributed by atoms with E-state index in [1.54, 1.807) is 12.1 Å². The SMILES string of the molecule is Oc1cc(O)cc(C2(CCc3ccccc3)SCCS2)c1. The second-order valence-electron chi connectivity index (χ2n) is 5.17. The van der Waals surface area contributed by atoms with E-state index in [4.69, 9.17) is 0 Å². The van der Waals surface area contributed by atoms with Gasteiger partial charge in [0.25, 0.3) is 0 Å². The van der Waals surface area contributed by atoms with Crippen LogP contribution in [0.2, 0.25) is 0 Å². The molecule has 0 bridgehead atoms. The Bertz CT molecular complexity index is 587. The molecule has 2 aromatic rings. The number of phenols is 2. The van der Waals surface area contributed by atoms with Gasteiger partial charge in [0.15, 0.2) is 0 Å². The lowest BCUT2D eigenvalue weighted by molar-refractivity contribution is 0.448. The van der Waals surface area contributed by atoms with E-state index in [-0.39, 0.29) is 15.6 Å². The first-order valence-corrected chi connectivity index (χ1v) is 9.00. The molecule has 110 valence electrons. The maximum atomic E-state index is 9.78. The van der Waals surface area contributed by atoms with Crippen LogP contribution in [-0.4, -0.2) is 21.7 Å². The van der Waals surface area contributed by atoms with Crippen LogP contribution in [0.25, 0.3) is 0 Å². The molecule has 0 atom stereocenters. The van der Waals surface area contributed by atoms with E-state index in [0.29, 0.717) is 0 Å². The van der Waals surface area contributed by atoms with Gasteiger partial charge in [-0.05, 0) is 36.1 Å². The van der Waals surface area contributed by atoms with Crippen LogP contribution in [-0.2, 0) is 10.5 Å². The first-order chi connectivity index (χ1) is 10.2. The third-order valence-electron chi connectivity index (χ3n) is 3.68. The summed E-state index contributed by atoms with van der Waals surface area (Å²) in [5.41, 5.74) is 2.35. The van der Waals surface area contributed by atoms with Gasteiger partial charge in [-0.25, -0.2) is 0 Å². The summed E-state index contributed by atoms with van der Waals surface area (Å²) in [7, 11) is 0. The van der Waals surface area contributed by atoms with Crippen molar-refractivity contribution in [1.29, 1.82) is 0 Å². The van der Waals surface area contributed by atoms with Crippen molar-refractivity contribution in [2.24, 2.45) is 0 Å². The lowest BCUT2D eigenvalue weighted by Gasteiger charge is -2.28. The van der Waals surface area contributed by atoms with Gasteiger partial charge in [-0.3, -0.25) is 0 Å². The predicted octanol–water partition coefficient (Wildman–Crippen LogP) is 4.36. The summed E-state index contributed by atoms with van der Waals surface area (Å²) in [6, 6.07) is 15.4. The maximum absolute atomic E-state index is 9.78. The number of hydrogen-bond acceptors (Lipinski definition) is 4. The minimum atomic E-state index is -0.0634. The number of aromatic hydroxyl groups is 2. The highest BCUT2D eigenvalue weighted by Crippen LogP contribution is 2.55. The molecular formula is C17H18O2S2. The van der Waals surface area contributed by atoms with Crippen LogP contribution in [0.4, 0.5) is 0 Å². The Balaban J connectivity index is 1.85. The molecule has 0 unspecified atom stereocenters. The van der Waals surface area contributed by atoms with E-state index < -0.39 is 0 Å². The molecule has 0 radical (unpaired) electrons. The first kappa shape index (κ1) is 14.7. The molecule has 2 aromatic carbocycles. The molecule has 1 aliphatic rings. The third kappa shape index (κ3) is 3.33. The minimum absolute atomic E-state index is 0.0634. The molecule has 0 spiro atoms. The summed E-state index contributed by atoms with van der Waals surface area (Å²) in [5.74, 6) is 2.49. The standard InChI is InChI=1S/C17H18O2S2/c18-15-10-14(11-16(19)12-15)17(20-8-9-21-17)7-6-13-4-2-1-3-5-13/h1-5,10-12,18-19H,6-9H2. The lowest BCUT2D eigenvalue weighted by atomic mass is 10.0. The van der Waals surface area contributed by atoms with Crippen molar-refractivity contribution >= 4 is 23.5 Å². The van der Waals surface area contributed by atoms with Crippen molar-refractivity contribution in [3.8, 4) is 11.5 Å². The van der Waals surface area contributed by atoms with Crippen LogP contribution in [0.5, 0.6) is 11.5 Å². The Labute approximate surface area is 133 Å². The van der Waals surface area contributed by atoms with Crippen LogP contribution in [0.3, 0.4) is 0 Å². The largest absolute Gasteiger partial charge is 0.508 e. The van der Waals surface area contributed by atoms with E-state index in [0.717, 1.165) is 29.9 Å². The summed E-state index contributed by atoms with van der Waals surface area (Å²) in [6.45, 7) is 0. The van der Waals surface area contributed by atoms with Crippen LogP contribution in [0.15, 0.2) is 48.5 Å². The highest BCUT2D eigenvalue weighted by Gasteiger charge is 2.37. The molecule has 4 heteroatoms. The number of hydrogen-bond donors (Lipinski definition) is 2. The van der Waals surface area contributed by atoms with Crippen LogP contribution < -0.4 is 0 Å². The van der Waals surface area contributed by atoms with Crippen LogP contribution in [0, 0.1) is 0 Å². The van der Waals surface area contributed by atoms with Crippen LogP contribution >= 0.6 is 23.5 Å². The van der Waals surface area contributed by atoms with Crippen molar-refractivity contribution < 1.29 is 10.2 Å².